The number of para-hydroxylation sites is 1. The second-order valence-electron chi connectivity index (χ2n) is 8.47. The van der Waals surface area contributed by atoms with Gasteiger partial charge in [-0.15, -0.1) is 10.2 Å². The summed E-state index contributed by atoms with van der Waals surface area (Å²) in [5.74, 6) is 0.814. The maximum absolute atomic E-state index is 13.0. The molecule has 2 N–H and O–H groups in total. The Kier molecular flexibility index (Phi) is 4.91. The smallest absolute Gasteiger partial charge is 0.237 e. The summed E-state index contributed by atoms with van der Waals surface area (Å²) in [6.45, 7) is 1.92. The molecule has 2 aromatic heterocycles. The Morgan fingerprint density at radius 1 is 1.06 bits per heavy atom. The molecule has 1 aliphatic rings. The van der Waals surface area contributed by atoms with Crippen molar-refractivity contribution in [2.75, 3.05) is 5.32 Å². The van der Waals surface area contributed by atoms with Gasteiger partial charge in [0.15, 0.2) is 11.0 Å². The lowest BCUT2D eigenvalue weighted by atomic mass is 10.1. The number of carbonyl (C=O) groups is 1. The van der Waals surface area contributed by atoms with Gasteiger partial charge >= 0.3 is 0 Å². The third kappa shape index (κ3) is 3.78. The highest BCUT2D eigenvalue weighted by atomic mass is 32.2. The Labute approximate surface area is 195 Å². The van der Waals surface area contributed by atoms with Gasteiger partial charge in [-0.05, 0) is 48.7 Å². The summed E-state index contributed by atoms with van der Waals surface area (Å²) in [7, 11) is 0. The van der Waals surface area contributed by atoms with Gasteiger partial charge < -0.3 is 10.3 Å². The third-order valence-corrected chi connectivity index (χ3v) is 7.13. The first-order chi connectivity index (χ1) is 16.2. The standard InChI is InChI=1S/C26H23N5OS/c1-16(25(32)28-19-11-10-17-6-2-3-7-18(17)14-19)33-26-30-29-24(31(26)20-12-13-20)22-15-27-23-9-5-4-8-21(22)23/h2-11,14-16,20,27H,12-13H2,1H3,(H,28,32). The van der Waals surface area contributed by atoms with E-state index in [9.17, 15) is 4.79 Å². The lowest BCUT2D eigenvalue weighted by Crippen LogP contribution is -2.22. The highest BCUT2D eigenvalue weighted by Crippen LogP contribution is 2.42. The Hall–Kier alpha value is -3.58. The van der Waals surface area contributed by atoms with Crippen LogP contribution in [0.25, 0.3) is 33.1 Å². The number of amides is 1. The van der Waals surface area contributed by atoms with E-state index >= 15 is 0 Å². The van der Waals surface area contributed by atoms with Gasteiger partial charge in [0.05, 0.1) is 5.25 Å². The van der Waals surface area contributed by atoms with Crippen LogP contribution in [0.4, 0.5) is 5.69 Å². The van der Waals surface area contributed by atoms with Crippen molar-refractivity contribution in [1.82, 2.24) is 19.7 Å². The number of aromatic amines is 1. The second-order valence-corrected chi connectivity index (χ2v) is 9.77. The van der Waals surface area contributed by atoms with Crippen LogP contribution in [0.5, 0.6) is 0 Å². The highest BCUT2D eigenvalue weighted by Gasteiger charge is 2.32. The summed E-state index contributed by atoms with van der Waals surface area (Å²) in [4.78, 5) is 16.3. The maximum Gasteiger partial charge on any atom is 0.237 e. The number of hydrogen-bond donors (Lipinski definition) is 2. The van der Waals surface area contributed by atoms with Crippen molar-refractivity contribution in [2.45, 2.75) is 36.2 Å². The predicted octanol–water partition coefficient (Wildman–Crippen LogP) is 6.03. The SMILES string of the molecule is CC(Sc1nnc(-c2c[nH]c3ccccc23)n1C1CC1)C(=O)Nc1ccc2ccccc2c1. The van der Waals surface area contributed by atoms with Crippen LogP contribution in [0.15, 0.2) is 78.1 Å². The zero-order valence-electron chi connectivity index (χ0n) is 18.2. The van der Waals surface area contributed by atoms with Crippen LogP contribution in [-0.2, 0) is 4.79 Å². The summed E-state index contributed by atoms with van der Waals surface area (Å²) in [6, 6.07) is 22.7. The minimum atomic E-state index is -0.311. The first-order valence-electron chi connectivity index (χ1n) is 11.1. The Morgan fingerprint density at radius 3 is 2.70 bits per heavy atom. The Balaban J connectivity index is 1.25. The summed E-state index contributed by atoms with van der Waals surface area (Å²) in [5.41, 5.74) is 2.93. The molecule has 0 aliphatic heterocycles. The molecule has 6 rings (SSSR count). The molecule has 3 aromatic carbocycles. The van der Waals surface area contributed by atoms with Crippen molar-refractivity contribution < 1.29 is 4.79 Å². The summed E-state index contributed by atoms with van der Waals surface area (Å²) >= 11 is 1.46. The number of rotatable bonds is 6. The number of carbonyl (C=O) groups excluding carboxylic acids is 1. The summed E-state index contributed by atoms with van der Waals surface area (Å²) in [5, 5.41) is 16.0. The number of nitrogens with one attached hydrogen (secondary N) is 2. The molecule has 2 heterocycles. The fourth-order valence-electron chi connectivity index (χ4n) is 4.18. The minimum Gasteiger partial charge on any atom is -0.360 e. The molecule has 6 nitrogen and oxygen atoms in total. The number of H-pyrrole nitrogens is 1. The quantitative estimate of drug-likeness (QED) is 0.308. The molecule has 1 amide bonds. The van der Waals surface area contributed by atoms with Gasteiger partial charge in [-0.25, -0.2) is 0 Å². The molecule has 5 aromatic rings. The molecule has 0 radical (unpaired) electrons. The zero-order chi connectivity index (χ0) is 22.4. The van der Waals surface area contributed by atoms with Crippen LogP contribution in [0.2, 0.25) is 0 Å². The lowest BCUT2D eigenvalue weighted by molar-refractivity contribution is -0.115. The molecular formula is C26H23N5OS. The first-order valence-corrected chi connectivity index (χ1v) is 12.0. The summed E-state index contributed by atoms with van der Waals surface area (Å²) < 4.78 is 2.21. The monoisotopic (exact) mass is 453 g/mol. The topological polar surface area (TPSA) is 75.6 Å². The van der Waals surface area contributed by atoms with Crippen molar-refractivity contribution >= 4 is 45.0 Å². The Morgan fingerprint density at radius 2 is 1.85 bits per heavy atom. The largest absolute Gasteiger partial charge is 0.360 e. The van der Waals surface area contributed by atoms with Gasteiger partial charge in [0.2, 0.25) is 5.91 Å². The van der Waals surface area contributed by atoms with E-state index in [1.165, 1.54) is 11.8 Å². The molecule has 1 saturated carbocycles. The van der Waals surface area contributed by atoms with Crippen molar-refractivity contribution in [1.29, 1.82) is 0 Å². The number of nitrogens with zero attached hydrogens (tertiary/aromatic N) is 3. The van der Waals surface area contributed by atoms with Crippen LogP contribution < -0.4 is 5.32 Å². The lowest BCUT2D eigenvalue weighted by Gasteiger charge is -2.13. The number of thioether (sulfide) groups is 1. The number of anilines is 1. The number of fused-ring (bicyclic) bond motifs is 2. The molecule has 7 heteroatoms. The molecule has 164 valence electrons. The molecule has 1 unspecified atom stereocenters. The predicted molar refractivity (Wildman–Crippen MR) is 133 cm³/mol. The van der Waals surface area contributed by atoms with E-state index in [1.54, 1.807) is 0 Å². The van der Waals surface area contributed by atoms with Gasteiger partial charge in [0, 0.05) is 34.4 Å². The molecule has 33 heavy (non-hydrogen) atoms. The number of hydrogen-bond acceptors (Lipinski definition) is 4. The van der Waals surface area contributed by atoms with E-state index in [0.717, 1.165) is 56.7 Å². The van der Waals surface area contributed by atoms with Gasteiger partial charge in [0.25, 0.3) is 0 Å². The van der Waals surface area contributed by atoms with E-state index in [1.807, 2.05) is 61.7 Å². The fraction of sp³-hybridized carbons (Fsp3) is 0.192. The molecule has 1 fully saturated rings. The van der Waals surface area contributed by atoms with Crippen molar-refractivity contribution in [3.05, 3.63) is 72.9 Å². The van der Waals surface area contributed by atoms with Gasteiger partial charge in [-0.3, -0.25) is 9.36 Å². The van der Waals surface area contributed by atoms with E-state index in [4.69, 9.17) is 0 Å². The maximum atomic E-state index is 13.0. The highest BCUT2D eigenvalue weighted by molar-refractivity contribution is 8.00. The normalized spacial score (nSPS) is 14.6. The molecule has 0 saturated heterocycles. The van der Waals surface area contributed by atoms with Crippen LogP contribution >= 0.6 is 11.8 Å². The van der Waals surface area contributed by atoms with Crippen LogP contribution in [0.3, 0.4) is 0 Å². The van der Waals surface area contributed by atoms with Gasteiger partial charge in [-0.2, -0.15) is 0 Å². The molecule has 1 atom stereocenters. The van der Waals surface area contributed by atoms with E-state index in [-0.39, 0.29) is 11.2 Å². The summed E-state index contributed by atoms with van der Waals surface area (Å²) in [6.07, 6.45) is 4.22. The zero-order valence-corrected chi connectivity index (χ0v) is 19.0. The first kappa shape index (κ1) is 20.1. The fourth-order valence-corrected chi connectivity index (χ4v) is 5.10. The van der Waals surface area contributed by atoms with E-state index in [0.29, 0.717) is 6.04 Å². The average Bonchev–Trinajstić information content (AvgIpc) is 3.45. The number of benzene rings is 3. The van der Waals surface area contributed by atoms with Crippen LogP contribution in [0, 0.1) is 0 Å². The van der Waals surface area contributed by atoms with Gasteiger partial charge in [-0.1, -0.05) is 60.3 Å². The van der Waals surface area contributed by atoms with Gasteiger partial charge in [0.1, 0.15) is 0 Å². The van der Waals surface area contributed by atoms with Crippen molar-refractivity contribution in [2.24, 2.45) is 0 Å². The second kappa shape index (κ2) is 8.08. The van der Waals surface area contributed by atoms with E-state index < -0.39 is 0 Å². The Bertz CT molecular complexity index is 1480. The van der Waals surface area contributed by atoms with Crippen LogP contribution in [0.1, 0.15) is 25.8 Å². The molecular weight excluding hydrogens is 430 g/mol. The third-order valence-electron chi connectivity index (χ3n) is 6.08. The number of aromatic nitrogens is 4. The molecule has 0 bridgehead atoms. The van der Waals surface area contributed by atoms with E-state index in [2.05, 4.69) is 43.3 Å². The molecule has 0 spiro atoms. The van der Waals surface area contributed by atoms with Crippen LogP contribution in [-0.4, -0.2) is 30.9 Å². The van der Waals surface area contributed by atoms with Crippen molar-refractivity contribution in [3.63, 3.8) is 0 Å². The van der Waals surface area contributed by atoms with Crippen molar-refractivity contribution in [3.8, 4) is 11.4 Å². The average molecular weight is 454 g/mol. The molecule has 1 aliphatic carbocycles. The minimum absolute atomic E-state index is 0.0470.